The Morgan fingerprint density at radius 2 is 1.90 bits per heavy atom. The molecule has 112 valence electrons. The molecule has 2 N–H and O–H groups in total. The molecule has 1 amide bonds. The Bertz CT molecular complexity index is 525. The van der Waals surface area contributed by atoms with Crippen molar-refractivity contribution in [1.82, 2.24) is 10.6 Å². The summed E-state index contributed by atoms with van der Waals surface area (Å²) in [5, 5.41) is 7.01. The van der Waals surface area contributed by atoms with E-state index >= 15 is 0 Å². The van der Waals surface area contributed by atoms with Crippen molar-refractivity contribution in [3.63, 3.8) is 0 Å². The molecule has 4 rings (SSSR count). The summed E-state index contributed by atoms with van der Waals surface area (Å²) in [6.07, 6.45) is 7.94. The van der Waals surface area contributed by atoms with Gasteiger partial charge in [0.2, 0.25) is 5.91 Å². The molecular weight excluding hydrogens is 260 g/mol. The van der Waals surface area contributed by atoms with Crippen molar-refractivity contribution < 1.29 is 4.79 Å². The van der Waals surface area contributed by atoms with Crippen LogP contribution < -0.4 is 10.6 Å². The lowest BCUT2D eigenvalue weighted by Gasteiger charge is -2.48. The zero-order valence-electron chi connectivity index (χ0n) is 12.5. The van der Waals surface area contributed by atoms with E-state index in [-0.39, 0.29) is 11.8 Å². The van der Waals surface area contributed by atoms with Crippen LogP contribution in [-0.4, -0.2) is 24.0 Å². The van der Waals surface area contributed by atoms with Crippen molar-refractivity contribution in [2.75, 3.05) is 6.54 Å². The van der Waals surface area contributed by atoms with Crippen molar-refractivity contribution in [1.29, 1.82) is 0 Å². The van der Waals surface area contributed by atoms with Crippen LogP contribution in [0.2, 0.25) is 0 Å². The average molecular weight is 284 g/mol. The zero-order chi connectivity index (χ0) is 14.3. The molecule has 21 heavy (non-hydrogen) atoms. The van der Waals surface area contributed by atoms with Crippen LogP contribution in [-0.2, 0) is 17.6 Å². The number of nitrogens with one attached hydrogen (secondary N) is 2. The average Bonchev–Trinajstić information content (AvgIpc) is 2.90. The molecule has 3 nitrogen and oxygen atoms in total. The fourth-order valence-corrected chi connectivity index (χ4v) is 4.33. The molecule has 3 heteroatoms. The highest BCUT2D eigenvalue weighted by atomic mass is 16.1. The number of hydrogen-bond acceptors (Lipinski definition) is 2. The van der Waals surface area contributed by atoms with Gasteiger partial charge in [-0.2, -0.15) is 0 Å². The highest BCUT2D eigenvalue weighted by molar-refractivity contribution is 5.80. The number of fused-ring (bicyclic) bond motifs is 1. The van der Waals surface area contributed by atoms with E-state index in [2.05, 4.69) is 34.9 Å². The van der Waals surface area contributed by atoms with Crippen molar-refractivity contribution in [3.05, 3.63) is 35.4 Å². The van der Waals surface area contributed by atoms with Gasteiger partial charge in [0, 0.05) is 17.5 Å². The maximum absolute atomic E-state index is 12.6. The molecule has 0 radical (unpaired) electrons. The largest absolute Gasteiger partial charge is 0.353 e. The van der Waals surface area contributed by atoms with Crippen LogP contribution in [0.25, 0.3) is 0 Å². The Hall–Kier alpha value is -1.35. The van der Waals surface area contributed by atoms with Gasteiger partial charge in [-0.05, 0) is 62.6 Å². The van der Waals surface area contributed by atoms with E-state index in [1.807, 2.05) is 0 Å². The molecule has 1 heterocycles. The molecular formula is C18H24N2O. The minimum absolute atomic E-state index is 0.148. The van der Waals surface area contributed by atoms with Crippen molar-refractivity contribution in [3.8, 4) is 0 Å². The highest BCUT2D eigenvalue weighted by Crippen LogP contribution is 2.38. The Morgan fingerprint density at radius 1 is 1.19 bits per heavy atom. The quantitative estimate of drug-likeness (QED) is 0.874. The number of carbonyl (C=O) groups is 1. The Morgan fingerprint density at radius 3 is 2.52 bits per heavy atom. The summed E-state index contributed by atoms with van der Waals surface area (Å²) in [6.45, 7) is 1.05. The van der Waals surface area contributed by atoms with Crippen LogP contribution in [0.3, 0.4) is 0 Å². The van der Waals surface area contributed by atoms with Crippen LogP contribution in [0.1, 0.15) is 43.2 Å². The maximum atomic E-state index is 12.6. The maximum Gasteiger partial charge on any atom is 0.223 e. The third-order valence-corrected chi connectivity index (χ3v) is 5.71. The molecule has 1 aromatic carbocycles. The molecule has 0 aromatic heterocycles. The predicted molar refractivity (Wildman–Crippen MR) is 83.1 cm³/mol. The summed E-state index contributed by atoms with van der Waals surface area (Å²) >= 11 is 0. The van der Waals surface area contributed by atoms with Crippen molar-refractivity contribution in [2.24, 2.45) is 5.92 Å². The summed E-state index contributed by atoms with van der Waals surface area (Å²) in [6, 6.07) is 8.86. The van der Waals surface area contributed by atoms with E-state index in [1.54, 1.807) is 0 Å². The Labute approximate surface area is 126 Å². The van der Waals surface area contributed by atoms with Crippen LogP contribution in [0, 0.1) is 5.92 Å². The summed E-state index contributed by atoms with van der Waals surface area (Å²) < 4.78 is 0. The molecule has 1 unspecified atom stereocenters. The third kappa shape index (κ3) is 2.48. The van der Waals surface area contributed by atoms with E-state index in [0.717, 1.165) is 32.2 Å². The summed E-state index contributed by atoms with van der Waals surface area (Å²) in [7, 11) is 0. The lowest BCUT2D eigenvalue weighted by Crippen LogP contribution is -2.60. The van der Waals surface area contributed by atoms with E-state index in [4.69, 9.17) is 0 Å². The normalized spacial score (nSPS) is 27.1. The predicted octanol–water partition coefficient (Wildman–Crippen LogP) is 2.19. The van der Waals surface area contributed by atoms with Gasteiger partial charge < -0.3 is 10.6 Å². The Balaban J connectivity index is 1.36. The number of benzene rings is 1. The molecule has 1 aromatic rings. The van der Waals surface area contributed by atoms with Crippen LogP contribution >= 0.6 is 0 Å². The molecule has 1 spiro atoms. The summed E-state index contributed by atoms with van der Waals surface area (Å²) in [5.41, 5.74) is 3.08. The van der Waals surface area contributed by atoms with E-state index in [9.17, 15) is 4.79 Å². The second kappa shape index (κ2) is 5.13. The van der Waals surface area contributed by atoms with Crippen LogP contribution in [0.4, 0.5) is 0 Å². The Kier molecular flexibility index (Phi) is 3.26. The zero-order valence-corrected chi connectivity index (χ0v) is 12.5. The van der Waals surface area contributed by atoms with Crippen LogP contribution in [0.5, 0.6) is 0 Å². The third-order valence-electron chi connectivity index (χ3n) is 5.71. The minimum atomic E-state index is 0.148. The van der Waals surface area contributed by atoms with E-state index in [1.165, 1.54) is 30.4 Å². The standard InChI is InChI=1S/C18H24N2O/c21-17(15-10-13-4-1-2-5-14(13)11-15)20-16-6-9-19-18(12-16)7-3-8-18/h1-2,4-5,15-16,19H,3,6-12H2,(H,20,21). The van der Waals surface area contributed by atoms with Gasteiger partial charge in [-0.1, -0.05) is 24.3 Å². The summed E-state index contributed by atoms with van der Waals surface area (Å²) in [5.74, 6) is 0.419. The summed E-state index contributed by atoms with van der Waals surface area (Å²) in [4.78, 5) is 12.6. The van der Waals surface area contributed by atoms with Gasteiger partial charge >= 0.3 is 0 Å². The molecule has 1 atom stereocenters. The van der Waals surface area contributed by atoms with E-state index in [0.29, 0.717) is 11.6 Å². The lowest BCUT2D eigenvalue weighted by atomic mass is 9.70. The van der Waals surface area contributed by atoms with Crippen LogP contribution in [0.15, 0.2) is 24.3 Å². The fourth-order valence-electron chi connectivity index (χ4n) is 4.33. The number of piperidine rings is 1. The van der Waals surface area contributed by atoms with Crippen molar-refractivity contribution in [2.45, 2.75) is 56.5 Å². The molecule has 2 aliphatic carbocycles. The topological polar surface area (TPSA) is 41.1 Å². The number of rotatable bonds is 2. The van der Waals surface area contributed by atoms with Gasteiger partial charge in [-0.15, -0.1) is 0 Å². The van der Waals surface area contributed by atoms with E-state index < -0.39 is 0 Å². The molecule has 1 aliphatic heterocycles. The minimum Gasteiger partial charge on any atom is -0.353 e. The van der Waals surface area contributed by atoms with Gasteiger partial charge in [0.05, 0.1) is 0 Å². The first-order valence-electron chi connectivity index (χ1n) is 8.36. The molecule has 1 saturated heterocycles. The van der Waals surface area contributed by atoms with Gasteiger partial charge in [0.1, 0.15) is 0 Å². The van der Waals surface area contributed by atoms with Crippen molar-refractivity contribution >= 4 is 5.91 Å². The first kappa shape index (κ1) is 13.3. The smallest absolute Gasteiger partial charge is 0.223 e. The van der Waals surface area contributed by atoms with Gasteiger partial charge in [-0.25, -0.2) is 0 Å². The number of carbonyl (C=O) groups excluding carboxylic acids is 1. The number of amides is 1. The fraction of sp³-hybridized carbons (Fsp3) is 0.611. The first-order valence-corrected chi connectivity index (χ1v) is 8.36. The second-order valence-corrected chi connectivity index (χ2v) is 7.13. The molecule has 0 bridgehead atoms. The van der Waals surface area contributed by atoms with Gasteiger partial charge in [-0.3, -0.25) is 4.79 Å². The monoisotopic (exact) mass is 284 g/mol. The lowest BCUT2D eigenvalue weighted by molar-refractivity contribution is -0.125. The SMILES string of the molecule is O=C(NC1CCNC2(CCC2)C1)C1Cc2ccccc2C1. The van der Waals surface area contributed by atoms with Gasteiger partial charge in [0.15, 0.2) is 0 Å². The first-order chi connectivity index (χ1) is 10.2. The molecule has 1 saturated carbocycles. The highest BCUT2D eigenvalue weighted by Gasteiger charge is 2.41. The van der Waals surface area contributed by atoms with Gasteiger partial charge in [0.25, 0.3) is 0 Å². The second-order valence-electron chi connectivity index (χ2n) is 7.13. The number of hydrogen-bond donors (Lipinski definition) is 2. The molecule has 2 fully saturated rings. The molecule has 3 aliphatic rings.